The summed E-state index contributed by atoms with van der Waals surface area (Å²) in [6.45, 7) is 18.0. The molecule has 3 aliphatic rings. The van der Waals surface area contributed by atoms with Crippen molar-refractivity contribution in [3.63, 3.8) is 0 Å². The first-order chi connectivity index (χ1) is 54.4. The molecule has 112 heavy (non-hydrogen) atoms. The average Bonchev–Trinajstić information content (AvgIpc) is 1.53. The van der Waals surface area contributed by atoms with Crippen molar-refractivity contribution in [2.45, 2.75) is 77.4 Å². The van der Waals surface area contributed by atoms with Crippen LogP contribution in [0.4, 0.5) is 0 Å². The largest absolute Gasteiger partial charge is 0.495 e. The van der Waals surface area contributed by atoms with Gasteiger partial charge in [0.15, 0.2) is 0 Å². The zero-order valence-electron chi connectivity index (χ0n) is 63.6. The summed E-state index contributed by atoms with van der Waals surface area (Å²) in [5.74, 6) is 0. The van der Waals surface area contributed by atoms with E-state index in [4.69, 9.17) is 35.9 Å². The summed E-state index contributed by atoms with van der Waals surface area (Å²) in [5.41, 5.74) is 20.6. The van der Waals surface area contributed by atoms with Crippen molar-refractivity contribution < 1.29 is 9.31 Å². The molecule has 5 heterocycles. The minimum Gasteiger partial charge on any atom is -0.399 e. The standard InChI is InChI=1S/C49H32N2.C37H33BO2.C18H11ClN2/c1-49(2)42-27-39-35-17-9-7-15-33(35)32-14-6-8-16-34(32)38(39)26-41(42)46-37-19-11-10-18-36(37)40(28-43(46)49)45-25-23-31-21-20-30-22-24-44(29-12-4-3-5-13-29)50-47(30)48(31)51-45;1-35(2)31-20-29-25-16-10-8-14-23(25)22-13-7-9-15-24(22)28(29)19-30(31)34-27-18-12-11-17-26(27)33(21-32(34)35)38-39-36(3,4)37(5,6)40-38;19-16-11-9-14-7-6-13-8-10-15(12-4-2-1-3-5-12)20-17(13)18(14)21-16/h3-28H,1-2H3;7-21H,1-6H3;1-11H. The van der Waals surface area contributed by atoms with Gasteiger partial charge in [0, 0.05) is 49.1 Å². The molecule has 534 valence electrons. The Labute approximate surface area is 655 Å². The van der Waals surface area contributed by atoms with Gasteiger partial charge in [-0.1, -0.05) is 294 Å². The Morgan fingerprint density at radius 1 is 0.250 bits per heavy atom. The molecule has 1 fully saturated rings. The lowest BCUT2D eigenvalue weighted by atomic mass is 9.72. The first-order valence-electron chi connectivity index (χ1n) is 38.9. The van der Waals surface area contributed by atoms with Crippen LogP contribution in [0, 0.1) is 0 Å². The highest BCUT2D eigenvalue weighted by Crippen LogP contribution is 2.57. The van der Waals surface area contributed by atoms with E-state index in [1.807, 2.05) is 42.5 Å². The van der Waals surface area contributed by atoms with Crippen LogP contribution in [0.15, 0.2) is 315 Å². The van der Waals surface area contributed by atoms with Gasteiger partial charge >= 0.3 is 7.12 Å². The highest BCUT2D eigenvalue weighted by molar-refractivity contribution is 6.65. The molecule has 2 aliphatic carbocycles. The molecule has 0 atom stereocenters. The Kier molecular flexibility index (Phi) is 15.3. The predicted molar refractivity (Wildman–Crippen MR) is 473 cm³/mol. The number of aromatic nitrogens is 4. The van der Waals surface area contributed by atoms with Gasteiger partial charge < -0.3 is 9.31 Å². The zero-order chi connectivity index (χ0) is 75.7. The number of hydrogen-bond acceptors (Lipinski definition) is 6. The molecule has 0 N–H and O–H groups in total. The molecule has 0 radical (unpaired) electrons. The van der Waals surface area contributed by atoms with Gasteiger partial charge in [-0.2, -0.15) is 0 Å². The van der Waals surface area contributed by atoms with Gasteiger partial charge in [-0.3, -0.25) is 0 Å². The first kappa shape index (κ1) is 67.6. The molecule has 1 aliphatic heterocycles. The summed E-state index contributed by atoms with van der Waals surface area (Å²) in [7, 11) is -0.410. The van der Waals surface area contributed by atoms with E-state index in [9.17, 15) is 0 Å². The lowest BCUT2D eigenvalue weighted by Gasteiger charge is -2.32. The lowest BCUT2D eigenvalue weighted by Crippen LogP contribution is -2.41. The summed E-state index contributed by atoms with van der Waals surface area (Å²) >= 11 is 6.04. The fourth-order valence-corrected chi connectivity index (χ4v) is 18.7. The number of pyridine rings is 4. The van der Waals surface area contributed by atoms with Gasteiger partial charge in [-0.05, 0) is 225 Å². The highest BCUT2D eigenvalue weighted by Gasteiger charge is 2.53. The van der Waals surface area contributed by atoms with Crippen LogP contribution in [-0.4, -0.2) is 38.3 Å². The summed E-state index contributed by atoms with van der Waals surface area (Å²) in [6, 6.07) is 113. The van der Waals surface area contributed by atoms with E-state index >= 15 is 0 Å². The Morgan fingerprint density at radius 3 is 0.973 bits per heavy atom. The van der Waals surface area contributed by atoms with Gasteiger partial charge in [-0.25, -0.2) is 19.9 Å². The van der Waals surface area contributed by atoms with Crippen LogP contribution in [0.3, 0.4) is 0 Å². The predicted octanol–water partition coefficient (Wildman–Crippen LogP) is 27.0. The molecule has 6 nitrogen and oxygen atoms in total. The van der Waals surface area contributed by atoms with E-state index in [2.05, 4.69) is 327 Å². The van der Waals surface area contributed by atoms with Crippen LogP contribution in [0.2, 0.25) is 5.15 Å². The molecule has 23 rings (SSSR count). The quantitative estimate of drug-likeness (QED) is 0.0993. The molecule has 16 aromatic carbocycles. The van der Waals surface area contributed by atoms with Gasteiger partial charge in [0.1, 0.15) is 5.15 Å². The summed E-state index contributed by atoms with van der Waals surface area (Å²) < 4.78 is 13.2. The van der Waals surface area contributed by atoms with Crippen molar-refractivity contribution in [3.05, 3.63) is 343 Å². The molecule has 0 amide bonds. The second kappa shape index (κ2) is 25.3. The van der Waals surface area contributed by atoms with E-state index in [0.717, 1.165) is 82.8 Å². The molecule has 0 unspecified atom stereocenters. The number of hydrogen-bond donors (Lipinski definition) is 0. The Bertz CT molecular complexity index is 7400. The topological polar surface area (TPSA) is 70.0 Å². The van der Waals surface area contributed by atoms with E-state index in [0.29, 0.717) is 5.15 Å². The smallest absolute Gasteiger partial charge is 0.399 e. The SMILES string of the molecule is CC1(C)c2cc3c4ccccc4c4ccccc4c3cc2-c2c1cc(-c1ccc3ccc4ccc(-c5ccccc5)nc4c3n1)c1ccccc21.CC1(C)c2cc3c4ccccc4c4ccccc4c3cc2-c2c1cc(B1OC(C)(C)C(C)(C)O1)c1ccccc21.Clc1ccc2ccc3ccc(-c4ccccc4)nc3c2n1. The number of benzene rings is 16. The molecule has 0 saturated carbocycles. The minimum atomic E-state index is -0.410. The van der Waals surface area contributed by atoms with Crippen molar-refractivity contribution >= 4 is 154 Å². The Morgan fingerprint density at radius 2 is 0.554 bits per heavy atom. The summed E-state index contributed by atoms with van der Waals surface area (Å²) in [5, 5.41) is 25.5. The number of rotatable bonds is 4. The normalized spacial score (nSPS) is 14.8. The maximum Gasteiger partial charge on any atom is 0.495 e. The summed E-state index contributed by atoms with van der Waals surface area (Å²) in [4.78, 5) is 19.9. The fraction of sp³-hybridized carbons (Fsp3) is 0.115. The van der Waals surface area contributed by atoms with Crippen molar-refractivity contribution in [1.82, 2.24) is 19.9 Å². The monoisotopic (exact) mass is 1460 g/mol. The van der Waals surface area contributed by atoms with Crippen LogP contribution < -0.4 is 5.46 Å². The Balaban J connectivity index is 0.000000115. The van der Waals surface area contributed by atoms with E-state index in [1.54, 1.807) is 6.07 Å². The van der Waals surface area contributed by atoms with E-state index < -0.39 is 18.3 Å². The van der Waals surface area contributed by atoms with Crippen LogP contribution in [0.25, 0.3) is 186 Å². The maximum absolute atomic E-state index is 6.60. The molecule has 8 heteroatoms. The maximum atomic E-state index is 6.60. The van der Waals surface area contributed by atoms with Crippen LogP contribution in [0.1, 0.15) is 77.6 Å². The molecular formula is C104H76BClN4O2. The highest BCUT2D eigenvalue weighted by atomic mass is 35.5. The molecule has 0 spiro atoms. The van der Waals surface area contributed by atoms with Crippen molar-refractivity contribution in [3.8, 4) is 56.0 Å². The molecule has 4 aromatic heterocycles. The second-order valence-electron chi connectivity index (χ2n) is 32.6. The van der Waals surface area contributed by atoms with Crippen molar-refractivity contribution in [2.24, 2.45) is 0 Å². The van der Waals surface area contributed by atoms with Crippen LogP contribution in [0.5, 0.6) is 0 Å². The van der Waals surface area contributed by atoms with Gasteiger partial charge in [-0.15, -0.1) is 0 Å². The molecular weight excluding hydrogens is 1380 g/mol. The molecule has 0 bridgehead atoms. The van der Waals surface area contributed by atoms with E-state index in [-0.39, 0.29) is 10.8 Å². The van der Waals surface area contributed by atoms with Crippen LogP contribution >= 0.6 is 11.6 Å². The third-order valence-corrected chi connectivity index (χ3v) is 25.3. The third kappa shape index (κ3) is 10.5. The first-order valence-corrected chi connectivity index (χ1v) is 39.2. The van der Waals surface area contributed by atoms with Gasteiger partial charge in [0.25, 0.3) is 0 Å². The molecule has 20 aromatic rings. The van der Waals surface area contributed by atoms with Crippen molar-refractivity contribution in [1.29, 1.82) is 0 Å². The van der Waals surface area contributed by atoms with Gasteiger partial charge in [0.2, 0.25) is 0 Å². The fourth-order valence-electron chi connectivity index (χ4n) is 18.6. The minimum absolute atomic E-state index is 0.173. The third-order valence-electron chi connectivity index (χ3n) is 25.0. The molecule has 1 saturated heterocycles. The second-order valence-corrected chi connectivity index (χ2v) is 33.0. The van der Waals surface area contributed by atoms with Crippen LogP contribution in [-0.2, 0) is 20.1 Å². The Hall–Kier alpha value is -12.5. The number of halogens is 1. The van der Waals surface area contributed by atoms with E-state index in [1.165, 1.54) is 131 Å². The average molecular weight is 1460 g/mol. The van der Waals surface area contributed by atoms with Crippen molar-refractivity contribution in [2.75, 3.05) is 0 Å². The number of fused-ring (bicyclic) bond motifs is 28. The summed E-state index contributed by atoms with van der Waals surface area (Å²) in [6.07, 6.45) is 0. The van der Waals surface area contributed by atoms with Gasteiger partial charge in [0.05, 0.1) is 50.4 Å². The number of nitrogens with zero attached hydrogens (tertiary/aromatic N) is 4. The lowest BCUT2D eigenvalue weighted by molar-refractivity contribution is 0.00578. The zero-order valence-corrected chi connectivity index (χ0v) is 64.3.